The van der Waals surface area contributed by atoms with Gasteiger partial charge in [-0.05, 0) is 26.0 Å². The zero-order valence-electron chi connectivity index (χ0n) is 10.8. The summed E-state index contributed by atoms with van der Waals surface area (Å²) in [5, 5.41) is 6.90. The maximum absolute atomic E-state index is 11.7. The Morgan fingerprint density at radius 3 is 2.79 bits per heavy atom. The number of hydrazone groups is 1. The van der Waals surface area contributed by atoms with Gasteiger partial charge in [-0.2, -0.15) is 5.10 Å². The first-order valence-corrected chi connectivity index (χ1v) is 6.67. The summed E-state index contributed by atoms with van der Waals surface area (Å²) in [6.07, 6.45) is 3.62. The summed E-state index contributed by atoms with van der Waals surface area (Å²) in [7, 11) is 0. The Labute approximate surface area is 115 Å². The van der Waals surface area contributed by atoms with Crippen molar-refractivity contribution in [2.75, 3.05) is 0 Å². The summed E-state index contributed by atoms with van der Waals surface area (Å²) in [4.78, 5) is 19.9. The molecule has 2 rings (SSSR count). The lowest BCUT2D eigenvalue weighted by Gasteiger charge is -2.01. The third-order valence-corrected chi connectivity index (χ3v) is 3.28. The molecule has 0 bridgehead atoms. The summed E-state index contributed by atoms with van der Waals surface area (Å²) in [5.41, 5.74) is 4.98. The fourth-order valence-corrected chi connectivity index (χ4v) is 2.11. The Morgan fingerprint density at radius 1 is 1.42 bits per heavy atom. The van der Waals surface area contributed by atoms with Gasteiger partial charge in [0.05, 0.1) is 22.8 Å². The number of carbonyl (C=O) groups is 1. The first-order valence-electron chi connectivity index (χ1n) is 5.79. The van der Waals surface area contributed by atoms with Crippen LogP contribution in [0.1, 0.15) is 23.2 Å². The van der Waals surface area contributed by atoms with Crippen molar-refractivity contribution in [1.29, 1.82) is 0 Å². The molecule has 1 amide bonds. The van der Waals surface area contributed by atoms with Gasteiger partial charge in [-0.3, -0.25) is 9.78 Å². The van der Waals surface area contributed by atoms with E-state index in [2.05, 4.69) is 20.5 Å². The molecule has 0 aliphatic carbocycles. The van der Waals surface area contributed by atoms with Crippen molar-refractivity contribution in [2.24, 2.45) is 5.10 Å². The molecule has 0 radical (unpaired) electrons. The van der Waals surface area contributed by atoms with Crippen molar-refractivity contribution < 1.29 is 4.79 Å². The summed E-state index contributed by atoms with van der Waals surface area (Å²) in [5.74, 6) is -0.168. The van der Waals surface area contributed by atoms with Crippen molar-refractivity contribution in [1.82, 2.24) is 15.4 Å². The summed E-state index contributed by atoms with van der Waals surface area (Å²) >= 11 is 1.53. The van der Waals surface area contributed by atoms with E-state index >= 15 is 0 Å². The number of hydrogen-bond acceptors (Lipinski definition) is 5. The van der Waals surface area contributed by atoms with Crippen LogP contribution in [-0.4, -0.2) is 21.6 Å². The molecule has 0 saturated carbocycles. The quantitative estimate of drug-likeness (QED) is 0.684. The summed E-state index contributed by atoms with van der Waals surface area (Å²) < 4.78 is 0. The van der Waals surface area contributed by atoms with Crippen LogP contribution in [0.2, 0.25) is 0 Å². The fraction of sp³-hybridized carbons (Fsp3) is 0.231. The minimum absolute atomic E-state index is 0.168. The second kappa shape index (κ2) is 6.19. The average Bonchev–Trinajstić information content (AvgIpc) is 2.82. The SMILES string of the molecule is CC(=NNC(=O)Cc1csc(C)n1)c1ccncc1. The second-order valence-electron chi connectivity index (χ2n) is 4.00. The number of amides is 1. The van der Waals surface area contributed by atoms with Crippen LogP contribution < -0.4 is 5.43 Å². The van der Waals surface area contributed by atoms with E-state index in [1.165, 1.54) is 11.3 Å². The van der Waals surface area contributed by atoms with Crippen LogP contribution in [0, 0.1) is 6.92 Å². The Hall–Kier alpha value is -2.08. The first-order chi connectivity index (χ1) is 9.15. The van der Waals surface area contributed by atoms with Crippen LogP contribution in [0.4, 0.5) is 0 Å². The molecule has 0 aromatic carbocycles. The van der Waals surface area contributed by atoms with Gasteiger partial charge in [-0.15, -0.1) is 11.3 Å². The molecule has 5 nitrogen and oxygen atoms in total. The van der Waals surface area contributed by atoms with Gasteiger partial charge < -0.3 is 0 Å². The molecule has 2 aromatic heterocycles. The zero-order valence-corrected chi connectivity index (χ0v) is 11.6. The van der Waals surface area contributed by atoms with Gasteiger partial charge in [-0.25, -0.2) is 10.4 Å². The van der Waals surface area contributed by atoms with Gasteiger partial charge in [0.2, 0.25) is 5.91 Å². The Morgan fingerprint density at radius 2 is 2.16 bits per heavy atom. The highest BCUT2D eigenvalue weighted by Gasteiger charge is 2.05. The highest BCUT2D eigenvalue weighted by atomic mass is 32.1. The molecule has 0 spiro atoms. The second-order valence-corrected chi connectivity index (χ2v) is 5.06. The molecule has 0 aliphatic rings. The third kappa shape index (κ3) is 3.96. The topological polar surface area (TPSA) is 67.2 Å². The van der Waals surface area contributed by atoms with E-state index in [0.29, 0.717) is 0 Å². The van der Waals surface area contributed by atoms with Gasteiger partial charge in [0.15, 0.2) is 0 Å². The lowest BCUT2D eigenvalue weighted by Crippen LogP contribution is -2.21. The van der Waals surface area contributed by atoms with Gasteiger partial charge in [0.1, 0.15) is 0 Å². The third-order valence-electron chi connectivity index (χ3n) is 2.45. The molecule has 2 heterocycles. The van der Waals surface area contributed by atoms with E-state index in [9.17, 15) is 4.79 Å². The number of aromatic nitrogens is 2. The number of carbonyl (C=O) groups excluding carboxylic acids is 1. The molecule has 0 unspecified atom stereocenters. The predicted octanol–water partition coefficient (Wildman–Crippen LogP) is 1.93. The average molecular weight is 274 g/mol. The molecule has 0 fully saturated rings. The molecule has 0 atom stereocenters. The molecule has 19 heavy (non-hydrogen) atoms. The standard InChI is InChI=1S/C13H14N4OS/c1-9(11-3-5-14-6-4-11)16-17-13(18)7-12-8-19-10(2)15-12/h3-6,8H,7H2,1-2H3,(H,17,18). The molecule has 0 saturated heterocycles. The minimum Gasteiger partial charge on any atom is -0.273 e. The summed E-state index contributed by atoms with van der Waals surface area (Å²) in [6, 6.07) is 3.68. The Kier molecular flexibility index (Phi) is 4.35. The number of thiazole rings is 1. The van der Waals surface area contributed by atoms with Crippen LogP contribution in [0.5, 0.6) is 0 Å². The fourth-order valence-electron chi connectivity index (χ4n) is 1.50. The lowest BCUT2D eigenvalue weighted by atomic mass is 10.2. The van der Waals surface area contributed by atoms with E-state index in [4.69, 9.17) is 0 Å². The van der Waals surface area contributed by atoms with Gasteiger partial charge in [0, 0.05) is 23.3 Å². The van der Waals surface area contributed by atoms with E-state index in [1.54, 1.807) is 12.4 Å². The van der Waals surface area contributed by atoms with Crippen LogP contribution in [0.25, 0.3) is 0 Å². The van der Waals surface area contributed by atoms with Crippen LogP contribution in [0.3, 0.4) is 0 Å². The van der Waals surface area contributed by atoms with Crippen molar-refractivity contribution >= 4 is 23.0 Å². The van der Waals surface area contributed by atoms with Gasteiger partial charge >= 0.3 is 0 Å². The normalized spacial score (nSPS) is 11.4. The number of nitrogens with zero attached hydrogens (tertiary/aromatic N) is 3. The number of nitrogens with one attached hydrogen (secondary N) is 1. The van der Waals surface area contributed by atoms with Crippen molar-refractivity contribution in [3.05, 3.63) is 46.2 Å². The largest absolute Gasteiger partial charge is 0.273 e. The van der Waals surface area contributed by atoms with Crippen molar-refractivity contribution in [3.8, 4) is 0 Å². The highest BCUT2D eigenvalue weighted by molar-refractivity contribution is 7.09. The highest BCUT2D eigenvalue weighted by Crippen LogP contribution is 2.08. The maximum Gasteiger partial charge on any atom is 0.246 e. The van der Waals surface area contributed by atoms with Crippen LogP contribution >= 0.6 is 11.3 Å². The van der Waals surface area contributed by atoms with Crippen molar-refractivity contribution in [3.63, 3.8) is 0 Å². The summed E-state index contributed by atoms with van der Waals surface area (Å²) in [6.45, 7) is 3.75. The van der Waals surface area contributed by atoms with Crippen LogP contribution in [0.15, 0.2) is 35.0 Å². The van der Waals surface area contributed by atoms with Gasteiger partial charge in [-0.1, -0.05) is 0 Å². The molecule has 6 heteroatoms. The monoisotopic (exact) mass is 274 g/mol. The van der Waals surface area contributed by atoms with Crippen molar-refractivity contribution in [2.45, 2.75) is 20.3 Å². The van der Waals surface area contributed by atoms with E-state index in [0.717, 1.165) is 22.0 Å². The smallest absolute Gasteiger partial charge is 0.246 e. The minimum atomic E-state index is -0.168. The number of rotatable bonds is 4. The first kappa shape index (κ1) is 13.4. The maximum atomic E-state index is 11.7. The van der Waals surface area contributed by atoms with Crippen LogP contribution in [-0.2, 0) is 11.2 Å². The molecule has 98 valence electrons. The predicted molar refractivity (Wildman–Crippen MR) is 75.1 cm³/mol. The molecule has 1 N–H and O–H groups in total. The number of hydrogen-bond donors (Lipinski definition) is 1. The van der Waals surface area contributed by atoms with E-state index < -0.39 is 0 Å². The Bertz CT molecular complexity index is 592. The molecule has 2 aromatic rings. The molecular formula is C13H14N4OS. The van der Waals surface area contributed by atoms with E-state index in [-0.39, 0.29) is 12.3 Å². The lowest BCUT2D eigenvalue weighted by molar-refractivity contribution is -0.120. The molecular weight excluding hydrogens is 260 g/mol. The van der Waals surface area contributed by atoms with Gasteiger partial charge in [0.25, 0.3) is 0 Å². The number of aryl methyl sites for hydroxylation is 1. The van der Waals surface area contributed by atoms with E-state index in [1.807, 2.05) is 31.4 Å². The number of pyridine rings is 1. The Balaban J connectivity index is 1.93. The zero-order chi connectivity index (χ0) is 13.7. The molecule has 0 aliphatic heterocycles.